The molecule has 1 fully saturated rings. The fourth-order valence-electron chi connectivity index (χ4n) is 3.41. The maximum atomic E-state index is 12.7. The Hall–Kier alpha value is -2.69. The number of hydrogen-bond donors (Lipinski definition) is 2. The Bertz CT molecular complexity index is 811. The van der Waals surface area contributed by atoms with Gasteiger partial charge in [0.05, 0.1) is 0 Å². The van der Waals surface area contributed by atoms with Crippen LogP contribution in [0.1, 0.15) is 64.6 Å². The summed E-state index contributed by atoms with van der Waals surface area (Å²) >= 11 is 0. The van der Waals surface area contributed by atoms with Gasteiger partial charge in [-0.3, -0.25) is 14.6 Å². The predicted octanol–water partition coefficient (Wildman–Crippen LogP) is 3.88. The van der Waals surface area contributed by atoms with Crippen LogP contribution in [0.3, 0.4) is 0 Å². The van der Waals surface area contributed by atoms with E-state index in [2.05, 4.69) is 22.5 Å². The number of rotatable bonds is 5. The summed E-state index contributed by atoms with van der Waals surface area (Å²) < 4.78 is 0. The third-order valence-electron chi connectivity index (χ3n) is 4.92. The van der Waals surface area contributed by atoms with Crippen LogP contribution < -0.4 is 10.6 Å². The van der Waals surface area contributed by atoms with Crippen molar-refractivity contribution in [2.75, 3.05) is 5.32 Å². The summed E-state index contributed by atoms with van der Waals surface area (Å²) in [6.45, 7) is 4.03. The lowest BCUT2D eigenvalue weighted by atomic mass is 10.1. The van der Waals surface area contributed by atoms with E-state index < -0.39 is 0 Å². The molecule has 1 aromatic carbocycles. The second-order valence-electron chi connectivity index (χ2n) is 6.80. The van der Waals surface area contributed by atoms with E-state index in [0.717, 1.165) is 48.9 Å². The van der Waals surface area contributed by atoms with Gasteiger partial charge in [-0.2, -0.15) is 0 Å². The number of carbonyl (C=O) groups excluding carboxylic acids is 2. The maximum Gasteiger partial charge on any atom is 0.270 e. The zero-order chi connectivity index (χ0) is 18.5. The lowest BCUT2D eigenvalue weighted by molar-refractivity contribution is 0.0933. The number of nitrogens with one attached hydrogen (secondary N) is 2. The predicted molar refractivity (Wildman–Crippen MR) is 102 cm³/mol. The molecule has 2 N–H and O–H groups in total. The zero-order valence-electron chi connectivity index (χ0n) is 15.3. The normalized spacial score (nSPS) is 14.2. The van der Waals surface area contributed by atoms with Crippen LogP contribution in [-0.4, -0.2) is 22.8 Å². The first kappa shape index (κ1) is 18.1. The Kier molecular flexibility index (Phi) is 5.66. The molecule has 2 amide bonds. The molecule has 1 saturated carbocycles. The number of aromatic nitrogens is 1. The Morgan fingerprint density at radius 2 is 1.92 bits per heavy atom. The zero-order valence-corrected chi connectivity index (χ0v) is 15.3. The summed E-state index contributed by atoms with van der Waals surface area (Å²) in [6, 6.07) is 9.38. The molecule has 5 heteroatoms. The van der Waals surface area contributed by atoms with Gasteiger partial charge in [0.25, 0.3) is 11.8 Å². The Morgan fingerprint density at radius 3 is 2.65 bits per heavy atom. The van der Waals surface area contributed by atoms with Gasteiger partial charge in [0.15, 0.2) is 0 Å². The molecular formula is C21H25N3O2. The average Bonchev–Trinajstić information content (AvgIpc) is 3.16. The molecule has 0 bridgehead atoms. The molecule has 0 atom stereocenters. The molecule has 136 valence electrons. The minimum atomic E-state index is -0.230. The molecule has 1 aliphatic rings. The molecule has 1 heterocycles. The van der Waals surface area contributed by atoms with Crippen molar-refractivity contribution in [1.29, 1.82) is 0 Å². The fraction of sp³-hybridized carbons (Fsp3) is 0.381. The Balaban J connectivity index is 1.75. The van der Waals surface area contributed by atoms with Crippen LogP contribution in [0.15, 0.2) is 36.5 Å². The molecule has 5 nitrogen and oxygen atoms in total. The second-order valence-corrected chi connectivity index (χ2v) is 6.80. The van der Waals surface area contributed by atoms with Crippen LogP contribution in [-0.2, 0) is 6.42 Å². The van der Waals surface area contributed by atoms with E-state index in [1.54, 1.807) is 12.1 Å². The van der Waals surface area contributed by atoms with Crippen LogP contribution in [0.25, 0.3) is 0 Å². The summed E-state index contributed by atoms with van der Waals surface area (Å²) in [6.07, 6.45) is 6.67. The molecule has 0 aliphatic heterocycles. The number of pyridine rings is 1. The summed E-state index contributed by atoms with van der Waals surface area (Å²) in [7, 11) is 0. The van der Waals surface area contributed by atoms with Gasteiger partial charge in [-0.25, -0.2) is 0 Å². The quantitative estimate of drug-likeness (QED) is 0.859. The van der Waals surface area contributed by atoms with Crippen molar-refractivity contribution in [1.82, 2.24) is 10.3 Å². The monoisotopic (exact) mass is 351 g/mol. The number of aryl methyl sites for hydroxylation is 2. The van der Waals surface area contributed by atoms with Crippen LogP contribution in [0, 0.1) is 6.92 Å². The van der Waals surface area contributed by atoms with Crippen LogP contribution in [0.4, 0.5) is 5.69 Å². The molecule has 0 spiro atoms. The van der Waals surface area contributed by atoms with E-state index in [0.29, 0.717) is 5.56 Å². The van der Waals surface area contributed by atoms with E-state index in [1.807, 2.05) is 25.1 Å². The van der Waals surface area contributed by atoms with Gasteiger partial charge in [0.2, 0.25) is 0 Å². The third kappa shape index (κ3) is 4.10. The molecule has 0 saturated heterocycles. The van der Waals surface area contributed by atoms with Gasteiger partial charge in [-0.1, -0.05) is 38.0 Å². The number of para-hydroxylation sites is 1. The van der Waals surface area contributed by atoms with E-state index in [4.69, 9.17) is 0 Å². The highest BCUT2D eigenvalue weighted by molar-refractivity contribution is 6.06. The number of nitrogens with zero attached hydrogens (tertiary/aromatic N) is 1. The number of anilines is 1. The van der Waals surface area contributed by atoms with E-state index >= 15 is 0 Å². The second kappa shape index (κ2) is 8.13. The highest BCUT2D eigenvalue weighted by Gasteiger charge is 2.19. The standard InChI is InChI=1S/C21H25N3O2/c1-3-15-8-6-7-14(2)19(15)24-20(25)16-11-12-22-18(13-16)21(26)23-17-9-4-5-10-17/h6-8,11-13,17H,3-5,9-10H2,1-2H3,(H,23,26)(H,24,25). The largest absolute Gasteiger partial charge is 0.348 e. The molecule has 26 heavy (non-hydrogen) atoms. The van der Waals surface area contributed by atoms with Crippen molar-refractivity contribution in [3.63, 3.8) is 0 Å². The molecule has 1 aromatic heterocycles. The fourth-order valence-corrected chi connectivity index (χ4v) is 3.41. The molecule has 3 rings (SSSR count). The number of benzene rings is 1. The van der Waals surface area contributed by atoms with Crippen molar-refractivity contribution >= 4 is 17.5 Å². The minimum absolute atomic E-state index is 0.211. The van der Waals surface area contributed by atoms with Crippen LogP contribution in [0.5, 0.6) is 0 Å². The topological polar surface area (TPSA) is 71.1 Å². The first-order valence-electron chi connectivity index (χ1n) is 9.25. The molecular weight excluding hydrogens is 326 g/mol. The van der Waals surface area contributed by atoms with Gasteiger partial charge >= 0.3 is 0 Å². The van der Waals surface area contributed by atoms with Crippen LogP contribution >= 0.6 is 0 Å². The highest BCUT2D eigenvalue weighted by Crippen LogP contribution is 2.22. The lowest BCUT2D eigenvalue weighted by Gasteiger charge is -2.14. The smallest absolute Gasteiger partial charge is 0.270 e. The van der Waals surface area contributed by atoms with Crippen molar-refractivity contribution in [3.05, 3.63) is 58.9 Å². The van der Waals surface area contributed by atoms with Gasteiger partial charge in [-0.05, 0) is 49.4 Å². The summed E-state index contributed by atoms with van der Waals surface area (Å²) in [4.78, 5) is 29.2. The molecule has 0 radical (unpaired) electrons. The lowest BCUT2D eigenvalue weighted by Crippen LogP contribution is -2.33. The third-order valence-corrected chi connectivity index (χ3v) is 4.92. The summed E-state index contributed by atoms with van der Waals surface area (Å²) in [5, 5.41) is 5.99. The molecule has 0 unspecified atom stereocenters. The van der Waals surface area contributed by atoms with Crippen molar-refractivity contribution < 1.29 is 9.59 Å². The van der Waals surface area contributed by atoms with Gasteiger partial charge in [-0.15, -0.1) is 0 Å². The maximum absolute atomic E-state index is 12.7. The molecule has 1 aliphatic carbocycles. The summed E-state index contributed by atoms with van der Waals surface area (Å²) in [5.74, 6) is -0.442. The van der Waals surface area contributed by atoms with Crippen molar-refractivity contribution in [2.45, 2.75) is 52.0 Å². The first-order valence-corrected chi connectivity index (χ1v) is 9.25. The number of hydrogen-bond acceptors (Lipinski definition) is 3. The van der Waals surface area contributed by atoms with E-state index in [-0.39, 0.29) is 23.6 Å². The van der Waals surface area contributed by atoms with Crippen LogP contribution in [0.2, 0.25) is 0 Å². The minimum Gasteiger partial charge on any atom is -0.348 e. The summed E-state index contributed by atoms with van der Waals surface area (Å²) in [5.41, 5.74) is 3.67. The average molecular weight is 351 g/mol. The SMILES string of the molecule is CCc1cccc(C)c1NC(=O)c1ccnc(C(=O)NC2CCCC2)c1. The van der Waals surface area contributed by atoms with Crippen molar-refractivity contribution in [2.24, 2.45) is 0 Å². The Labute approximate surface area is 154 Å². The first-order chi connectivity index (χ1) is 12.6. The van der Waals surface area contributed by atoms with Gasteiger partial charge in [0, 0.05) is 23.5 Å². The number of carbonyl (C=O) groups is 2. The van der Waals surface area contributed by atoms with Crippen molar-refractivity contribution in [3.8, 4) is 0 Å². The van der Waals surface area contributed by atoms with E-state index in [9.17, 15) is 9.59 Å². The highest BCUT2D eigenvalue weighted by atomic mass is 16.2. The number of amides is 2. The van der Waals surface area contributed by atoms with E-state index in [1.165, 1.54) is 6.20 Å². The van der Waals surface area contributed by atoms with Gasteiger partial charge < -0.3 is 10.6 Å². The van der Waals surface area contributed by atoms with Gasteiger partial charge in [0.1, 0.15) is 5.69 Å². The Morgan fingerprint density at radius 1 is 1.15 bits per heavy atom. The molecule has 2 aromatic rings.